The summed E-state index contributed by atoms with van der Waals surface area (Å²) in [5.74, 6) is 1.59. The highest BCUT2D eigenvalue weighted by Crippen LogP contribution is 2.38. The van der Waals surface area contributed by atoms with Crippen LogP contribution in [0.3, 0.4) is 0 Å². The molecule has 0 radical (unpaired) electrons. The predicted molar refractivity (Wildman–Crippen MR) is 139 cm³/mol. The Hall–Kier alpha value is -2.77. The lowest BCUT2D eigenvalue weighted by Gasteiger charge is -2.33. The summed E-state index contributed by atoms with van der Waals surface area (Å²) >= 11 is 1.60. The Labute approximate surface area is 199 Å². The van der Waals surface area contributed by atoms with E-state index in [0.29, 0.717) is 18.5 Å². The van der Waals surface area contributed by atoms with E-state index in [1.165, 1.54) is 11.1 Å². The van der Waals surface area contributed by atoms with Gasteiger partial charge in [-0.2, -0.15) is 0 Å². The van der Waals surface area contributed by atoms with Crippen LogP contribution in [0.4, 0.5) is 11.6 Å². The molecular weight excluding hydrogens is 430 g/mol. The smallest absolute Gasteiger partial charge is 0.144 e. The Balaban J connectivity index is 0.00000126. The topological polar surface area (TPSA) is 77.2 Å². The molecule has 1 aromatic carbocycles. The van der Waals surface area contributed by atoms with Crippen molar-refractivity contribution in [3.8, 4) is 0 Å². The number of nitrogens with two attached hydrogens (primary N) is 1. The zero-order chi connectivity index (χ0) is 23.2. The molecule has 5 rings (SSSR count). The van der Waals surface area contributed by atoms with Crippen LogP contribution in [0.1, 0.15) is 51.2 Å². The van der Waals surface area contributed by atoms with Crippen LogP contribution >= 0.6 is 11.3 Å². The first kappa shape index (κ1) is 23.4. The number of benzene rings is 1. The number of hydrogen-bond acceptors (Lipinski definition) is 7. The first-order chi connectivity index (χ1) is 16.2. The van der Waals surface area contributed by atoms with Gasteiger partial charge in [0, 0.05) is 18.5 Å². The van der Waals surface area contributed by atoms with Crippen molar-refractivity contribution in [2.45, 2.75) is 59.2 Å². The molecular formula is C26H33N5OS. The molecule has 1 aliphatic rings. The maximum atomic E-state index is 6.16. The van der Waals surface area contributed by atoms with E-state index < -0.39 is 0 Å². The fourth-order valence-corrected chi connectivity index (χ4v) is 5.39. The molecule has 4 aromatic rings. The number of ether oxygens (including phenoxy) is 1. The van der Waals surface area contributed by atoms with Crippen LogP contribution in [0.15, 0.2) is 42.7 Å². The van der Waals surface area contributed by atoms with Gasteiger partial charge in [0.1, 0.15) is 22.8 Å². The van der Waals surface area contributed by atoms with Gasteiger partial charge in [0.05, 0.1) is 22.9 Å². The second-order valence-electron chi connectivity index (χ2n) is 8.09. The van der Waals surface area contributed by atoms with E-state index in [0.717, 1.165) is 65.0 Å². The van der Waals surface area contributed by atoms with E-state index in [-0.39, 0.29) is 0 Å². The van der Waals surface area contributed by atoms with Crippen LogP contribution in [0.2, 0.25) is 0 Å². The first-order valence-electron chi connectivity index (χ1n) is 12.0. The van der Waals surface area contributed by atoms with Gasteiger partial charge >= 0.3 is 0 Å². The first-order valence-corrected chi connectivity index (χ1v) is 12.8. The molecule has 3 aromatic heterocycles. The summed E-state index contributed by atoms with van der Waals surface area (Å²) < 4.78 is 7.10. The lowest BCUT2D eigenvalue weighted by molar-refractivity contribution is 0.0250. The summed E-state index contributed by atoms with van der Waals surface area (Å²) in [6.07, 6.45) is 5.95. The number of rotatable bonds is 6. The number of fused-ring (bicyclic) bond motifs is 3. The molecule has 7 heteroatoms. The predicted octanol–water partition coefficient (Wildman–Crippen LogP) is 5.99. The molecule has 0 aliphatic carbocycles. The lowest BCUT2D eigenvalue weighted by atomic mass is 10.0. The van der Waals surface area contributed by atoms with E-state index in [1.54, 1.807) is 17.7 Å². The van der Waals surface area contributed by atoms with Gasteiger partial charge in [0.15, 0.2) is 0 Å². The molecule has 0 unspecified atom stereocenters. The molecule has 1 saturated heterocycles. The standard InChI is InChI=1S/C24H27N5OS.C2H6/c1-2-6-17-13-19(28-24-20(17)21-22(31-24)23(25)27-15-26-21)29-11-9-18(10-12-29)30-14-16-7-4-3-5-8-16;1-2/h3-5,7-8,13,15,18H,2,6,9-12,14H2,1H3,(H2,25,26,27);1-2H3. The van der Waals surface area contributed by atoms with Crippen molar-refractivity contribution in [1.29, 1.82) is 0 Å². The molecule has 33 heavy (non-hydrogen) atoms. The van der Waals surface area contributed by atoms with Gasteiger partial charge in [-0.15, -0.1) is 11.3 Å². The normalized spacial score (nSPS) is 14.5. The number of nitrogens with zero attached hydrogens (tertiary/aromatic N) is 4. The zero-order valence-electron chi connectivity index (χ0n) is 19.8. The summed E-state index contributed by atoms with van der Waals surface area (Å²) in [6.45, 7) is 8.80. The summed E-state index contributed by atoms with van der Waals surface area (Å²) in [4.78, 5) is 17.1. The summed E-state index contributed by atoms with van der Waals surface area (Å²) in [5, 5.41) is 1.14. The number of anilines is 2. The average molecular weight is 464 g/mol. The van der Waals surface area contributed by atoms with Crippen LogP contribution in [0, 0.1) is 0 Å². The van der Waals surface area contributed by atoms with Crippen molar-refractivity contribution in [2.24, 2.45) is 0 Å². The largest absolute Gasteiger partial charge is 0.382 e. The molecule has 1 fully saturated rings. The number of aryl methyl sites for hydroxylation is 1. The summed E-state index contributed by atoms with van der Waals surface area (Å²) in [6, 6.07) is 12.6. The fraction of sp³-hybridized carbons (Fsp3) is 0.423. The second-order valence-corrected chi connectivity index (χ2v) is 9.09. The van der Waals surface area contributed by atoms with E-state index in [9.17, 15) is 0 Å². The Bertz CT molecular complexity index is 1190. The molecule has 4 heterocycles. The minimum absolute atomic E-state index is 0.301. The lowest BCUT2D eigenvalue weighted by Crippen LogP contribution is -2.37. The minimum Gasteiger partial charge on any atom is -0.382 e. The van der Waals surface area contributed by atoms with Gasteiger partial charge in [0.25, 0.3) is 0 Å². The van der Waals surface area contributed by atoms with Crippen LogP contribution in [-0.4, -0.2) is 34.1 Å². The average Bonchev–Trinajstić information content (AvgIpc) is 3.25. The second kappa shape index (κ2) is 10.9. The van der Waals surface area contributed by atoms with Crippen molar-refractivity contribution >= 4 is 43.4 Å². The van der Waals surface area contributed by atoms with Gasteiger partial charge in [-0.1, -0.05) is 57.5 Å². The third-order valence-electron chi connectivity index (χ3n) is 5.94. The monoisotopic (exact) mass is 463 g/mol. The van der Waals surface area contributed by atoms with E-state index in [4.69, 9.17) is 15.5 Å². The third-order valence-corrected chi connectivity index (χ3v) is 7.03. The van der Waals surface area contributed by atoms with Crippen LogP contribution < -0.4 is 10.6 Å². The Kier molecular flexibility index (Phi) is 7.73. The Morgan fingerprint density at radius 2 is 1.88 bits per heavy atom. The number of piperidine rings is 1. The molecule has 174 valence electrons. The SMILES string of the molecule is CC.CCCc1cc(N2CCC(OCc3ccccc3)CC2)nc2sc3c(N)ncnc3c12. The van der Waals surface area contributed by atoms with Crippen LogP contribution in [0.25, 0.3) is 20.4 Å². The maximum Gasteiger partial charge on any atom is 0.144 e. The van der Waals surface area contributed by atoms with E-state index >= 15 is 0 Å². The van der Waals surface area contributed by atoms with Gasteiger partial charge in [-0.3, -0.25) is 0 Å². The number of pyridine rings is 1. The Morgan fingerprint density at radius 3 is 2.61 bits per heavy atom. The number of nitrogen functional groups attached to an aromatic ring is 1. The van der Waals surface area contributed by atoms with E-state index in [2.05, 4.69) is 52.1 Å². The number of hydrogen-bond donors (Lipinski definition) is 1. The molecule has 6 nitrogen and oxygen atoms in total. The van der Waals surface area contributed by atoms with Crippen molar-refractivity contribution in [3.63, 3.8) is 0 Å². The third kappa shape index (κ3) is 5.09. The van der Waals surface area contributed by atoms with Crippen LogP contribution in [-0.2, 0) is 17.8 Å². The highest BCUT2D eigenvalue weighted by atomic mass is 32.1. The van der Waals surface area contributed by atoms with Gasteiger partial charge in [0.2, 0.25) is 0 Å². The van der Waals surface area contributed by atoms with Crippen molar-refractivity contribution in [3.05, 3.63) is 53.9 Å². The molecule has 2 N–H and O–H groups in total. The summed E-state index contributed by atoms with van der Waals surface area (Å²) in [5.41, 5.74) is 9.58. The molecule has 0 amide bonds. The van der Waals surface area contributed by atoms with Crippen molar-refractivity contribution in [2.75, 3.05) is 23.7 Å². The zero-order valence-corrected chi connectivity index (χ0v) is 20.6. The summed E-state index contributed by atoms with van der Waals surface area (Å²) in [7, 11) is 0. The number of thiophene rings is 1. The van der Waals surface area contributed by atoms with E-state index in [1.807, 2.05) is 19.9 Å². The quantitative estimate of drug-likeness (QED) is 0.379. The molecule has 0 bridgehead atoms. The van der Waals surface area contributed by atoms with Crippen molar-refractivity contribution < 1.29 is 4.74 Å². The number of aromatic nitrogens is 3. The van der Waals surface area contributed by atoms with Crippen molar-refractivity contribution in [1.82, 2.24) is 15.0 Å². The van der Waals surface area contributed by atoms with Gasteiger partial charge in [-0.05, 0) is 36.5 Å². The highest BCUT2D eigenvalue weighted by Gasteiger charge is 2.23. The van der Waals surface area contributed by atoms with Gasteiger partial charge < -0.3 is 15.4 Å². The Morgan fingerprint density at radius 1 is 1.12 bits per heavy atom. The fourth-order valence-electron chi connectivity index (χ4n) is 4.32. The van der Waals surface area contributed by atoms with Crippen LogP contribution in [0.5, 0.6) is 0 Å². The molecule has 0 saturated carbocycles. The molecule has 0 atom stereocenters. The minimum atomic E-state index is 0.301. The highest BCUT2D eigenvalue weighted by molar-refractivity contribution is 7.26. The maximum absolute atomic E-state index is 6.16. The van der Waals surface area contributed by atoms with Gasteiger partial charge in [-0.25, -0.2) is 15.0 Å². The molecule has 0 spiro atoms. The molecule has 1 aliphatic heterocycles.